The molecular weight excluding hydrogens is 386 g/mol. The maximum atomic E-state index is 12.1. The van der Waals surface area contributed by atoms with Crippen LogP contribution in [0.2, 0.25) is 0 Å². The molecule has 1 aliphatic heterocycles. The molecule has 1 aliphatic rings. The van der Waals surface area contributed by atoms with Gasteiger partial charge in [-0.1, -0.05) is 24.3 Å². The summed E-state index contributed by atoms with van der Waals surface area (Å²) in [6, 6.07) is 15.6. The highest BCUT2D eigenvalue weighted by Gasteiger charge is 2.18. The van der Waals surface area contributed by atoms with Crippen LogP contribution in [0.3, 0.4) is 0 Å². The Kier molecular flexibility index (Phi) is 6.07. The normalized spacial score (nSPS) is 13.6. The number of para-hydroxylation sites is 1. The molecule has 6 nitrogen and oxygen atoms in total. The molecule has 2 heterocycles. The molecule has 3 aromatic rings. The summed E-state index contributed by atoms with van der Waals surface area (Å²) in [5.41, 5.74) is 3.65. The third-order valence-electron chi connectivity index (χ3n) is 4.80. The first-order valence-electron chi connectivity index (χ1n) is 9.50. The quantitative estimate of drug-likeness (QED) is 0.644. The molecule has 150 valence electrons. The number of methoxy groups -OCH3 is 1. The van der Waals surface area contributed by atoms with Gasteiger partial charge in [0.05, 0.1) is 12.8 Å². The van der Waals surface area contributed by atoms with Gasteiger partial charge in [-0.25, -0.2) is 4.98 Å². The van der Waals surface area contributed by atoms with Crippen molar-refractivity contribution in [1.29, 1.82) is 0 Å². The van der Waals surface area contributed by atoms with E-state index < -0.39 is 0 Å². The number of hydrogen-bond donors (Lipinski definition) is 1. The van der Waals surface area contributed by atoms with E-state index in [-0.39, 0.29) is 12.5 Å². The molecule has 1 N–H and O–H groups in total. The van der Waals surface area contributed by atoms with E-state index in [4.69, 9.17) is 9.47 Å². The van der Waals surface area contributed by atoms with Gasteiger partial charge in [-0.05, 0) is 41.8 Å². The number of anilines is 1. The number of carbonyl (C=O) groups excluding carboxylic acids is 1. The van der Waals surface area contributed by atoms with Gasteiger partial charge in [-0.15, -0.1) is 11.3 Å². The van der Waals surface area contributed by atoms with Crippen LogP contribution in [0.5, 0.6) is 11.5 Å². The Bertz CT molecular complexity index is 974. The molecule has 0 saturated carbocycles. The molecule has 0 unspecified atom stereocenters. The van der Waals surface area contributed by atoms with Crippen molar-refractivity contribution in [3.63, 3.8) is 0 Å². The molecule has 7 heteroatoms. The number of aromatic nitrogens is 1. The van der Waals surface area contributed by atoms with Crippen molar-refractivity contribution in [1.82, 2.24) is 9.88 Å². The summed E-state index contributed by atoms with van der Waals surface area (Å²) in [5, 5.41) is 5.41. The maximum Gasteiger partial charge on any atom is 0.264 e. The van der Waals surface area contributed by atoms with Crippen molar-refractivity contribution in [2.45, 2.75) is 19.5 Å². The molecule has 0 fully saturated rings. The molecule has 0 saturated heterocycles. The molecule has 2 aromatic carbocycles. The smallest absolute Gasteiger partial charge is 0.264 e. The van der Waals surface area contributed by atoms with Gasteiger partial charge in [0.25, 0.3) is 5.91 Å². The zero-order valence-corrected chi connectivity index (χ0v) is 17.1. The van der Waals surface area contributed by atoms with Crippen LogP contribution in [0, 0.1) is 0 Å². The lowest BCUT2D eigenvalue weighted by molar-refractivity contribution is -0.118. The molecule has 0 aliphatic carbocycles. The number of nitrogens with zero attached hydrogens (tertiary/aromatic N) is 2. The van der Waals surface area contributed by atoms with E-state index in [1.54, 1.807) is 7.11 Å². The molecule has 4 rings (SSSR count). The summed E-state index contributed by atoms with van der Waals surface area (Å²) >= 11 is 1.44. The number of amides is 1. The lowest BCUT2D eigenvalue weighted by Gasteiger charge is -2.28. The number of nitrogens with one attached hydrogen (secondary N) is 1. The fourth-order valence-electron chi connectivity index (χ4n) is 3.34. The number of thiazole rings is 1. The standard InChI is InChI=1S/C22H23N3O3S/c1-27-20-8-7-17-12-25(10-9-16(17)11-20)13-18-15-29-22(23-18)24-21(26)14-28-19-5-3-2-4-6-19/h2-8,11,15H,9-10,12-14H2,1H3,(H,23,24,26). The van der Waals surface area contributed by atoms with Crippen molar-refractivity contribution < 1.29 is 14.3 Å². The van der Waals surface area contributed by atoms with E-state index in [9.17, 15) is 4.79 Å². The van der Waals surface area contributed by atoms with E-state index in [0.717, 1.165) is 37.5 Å². The highest BCUT2D eigenvalue weighted by atomic mass is 32.1. The van der Waals surface area contributed by atoms with Gasteiger partial charge in [-0.3, -0.25) is 15.0 Å². The Hall–Kier alpha value is -2.90. The fraction of sp³-hybridized carbons (Fsp3) is 0.273. The number of carbonyl (C=O) groups is 1. The van der Waals surface area contributed by atoms with Crippen molar-refractivity contribution in [3.8, 4) is 11.5 Å². The maximum absolute atomic E-state index is 12.1. The number of ether oxygens (including phenoxy) is 2. The third-order valence-corrected chi connectivity index (χ3v) is 5.61. The second-order valence-corrected chi connectivity index (χ2v) is 7.75. The zero-order chi connectivity index (χ0) is 20.1. The number of rotatable bonds is 7. The summed E-state index contributed by atoms with van der Waals surface area (Å²) < 4.78 is 10.8. The SMILES string of the molecule is COc1ccc2c(c1)CCN(Cc1csc(NC(=O)COc3ccccc3)n1)C2. The van der Waals surface area contributed by atoms with Gasteiger partial charge in [0, 0.05) is 25.0 Å². The molecule has 0 bridgehead atoms. The monoisotopic (exact) mass is 409 g/mol. The molecule has 1 aromatic heterocycles. The van der Waals surface area contributed by atoms with Crippen LogP contribution < -0.4 is 14.8 Å². The van der Waals surface area contributed by atoms with Gasteiger partial charge in [0.1, 0.15) is 11.5 Å². The second kappa shape index (κ2) is 9.07. The minimum absolute atomic E-state index is 0.0364. The zero-order valence-electron chi connectivity index (χ0n) is 16.3. The fourth-order valence-corrected chi connectivity index (χ4v) is 4.05. The van der Waals surface area contributed by atoms with Crippen LogP contribution in [0.15, 0.2) is 53.9 Å². The topological polar surface area (TPSA) is 63.7 Å². The molecule has 0 spiro atoms. The molecule has 29 heavy (non-hydrogen) atoms. The molecule has 0 atom stereocenters. The van der Waals surface area contributed by atoms with Gasteiger partial charge in [-0.2, -0.15) is 0 Å². The summed E-state index contributed by atoms with van der Waals surface area (Å²) in [6.45, 7) is 2.59. The minimum Gasteiger partial charge on any atom is -0.497 e. The first-order valence-corrected chi connectivity index (χ1v) is 10.4. The average molecular weight is 410 g/mol. The van der Waals surface area contributed by atoms with Gasteiger partial charge < -0.3 is 9.47 Å². The van der Waals surface area contributed by atoms with Gasteiger partial charge >= 0.3 is 0 Å². The van der Waals surface area contributed by atoms with Crippen molar-refractivity contribution >= 4 is 22.4 Å². The Balaban J connectivity index is 1.28. The van der Waals surface area contributed by atoms with Crippen LogP contribution in [0.25, 0.3) is 0 Å². The van der Waals surface area contributed by atoms with E-state index in [2.05, 4.69) is 27.3 Å². The van der Waals surface area contributed by atoms with Gasteiger partial charge in [0.15, 0.2) is 11.7 Å². The molecule has 0 radical (unpaired) electrons. The van der Waals surface area contributed by atoms with Crippen molar-refractivity contribution in [2.75, 3.05) is 25.6 Å². The van der Waals surface area contributed by atoms with Crippen LogP contribution in [0.4, 0.5) is 5.13 Å². The average Bonchev–Trinajstić information content (AvgIpc) is 3.19. The Labute approximate surface area is 174 Å². The lowest BCUT2D eigenvalue weighted by Crippen LogP contribution is -2.30. The number of benzene rings is 2. The lowest BCUT2D eigenvalue weighted by atomic mass is 9.99. The minimum atomic E-state index is -0.212. The first-order chi connectivity index (χ1) is 14.2. The van der Waals surface area contributed by atoms with Crippen molar-refractivity contribution in [2.24, 2.45) is 0 Å². The first kappa shape index (κ1) is 19.4. The molecule has 1 amide bonds. The highest BCUT2D eigenvalue weighted by molar-refractivity contribution is 7.13. The number of fused-ring (bicyclic) bond motifs is 1. The van der Waals surface area contributed by atoms with Gasteiger partial charge in [0.2, 0.25) is 0 Å². The van der Waals surface area contributed by atoms with E-state index >= 15 is 0 Å². The van der Waals surface area contributed by atoms with Crippen LogP contribution >= 0.6 is 11.3 Å². The van der Waals surface area contributed by atoms with Crippen LogP contribution in [-0.2, 0) is 24.3 Å². The Morgan fingerprint density at radius 1 is 1.17 bits per heavy atom. The number of hydrogen-bond acceptors (Lipinski definition) is 6. The Morgan fingerprint density at radius 3 is 2.86 bits per heavy atom. The van der Waals surface area contributed by atoms with Crippen molar-refractivity contribution in [3.05, 3.63) is 70.7 Å². The van der Waals surface area contributed by atoms with E-state index in [1.165, 1.54) is 22.5 Å². The van der Waals surface area contributed by atoms with E-state index in [0.29, 0.717) is 10.9 Å². The summed E-state index contributed by atoms with van der Waals surface area (Å²) in [7, 11) is 1.70. The third kappa shape index (κ3) is 5.13. The highest BCUT2D eigenvalue weighted by Crippen LogP contribution is 2.25. The van der Waals surface area contributed by atoms with E-state index in [1.807, 2.05) is 41.8 Å². The van der Waals surface area contributed by atoms with Crippen LogP contribution in [-0.4, -0.2) is 36.1 Å². The summed E-state index contributed by atoms with van der Waals surface area (Å²) in [6.07, 6.45) is 0.997. The predicted molar refractivity (Wildman–Crippen MR) is 113 cm³/mol. The molecular formula is C22H23N3O3S. The predicted octanol–water partition coefficient (Wildman–Crippen LogP) is 3.73. The summed E-state index contributed by atoms with van der Waals surface area (Å²) in [5.74, 6) is 1.37. The summed E-state index contributed by atoms with van der Waals surface area (Å²) in [4.78, 5) is 19.0. The van der Waals surface area contributed by atoms with Crippen LogP contribution in [0.1, 0.15) is 16.8 Å². The second-order valence-electron chi connectivity index (χ2n) is 6.89. The Morgan fingerprint density at radius 2 is 2.03 bits per heavy atom. The largest absolute Gasteiger partial charge is 0.497 e.